The number of benzene rings is 5. The third kappa shape index (κ3) is 3.64. The van der Waals surface area contributed by atoms with Crippen molar-refractivity contribution in [2.45, 2.75) is 19.3 Å². The molecule has 0 N–H and O–H groups in total. The van der Waals surface area contributed by atoms with Crippen LogP contribution in [0.1, 0.15) is 18.4 Å². The summed E-state index contributed by atoms with van der Waals surface area (Å²) >= 11 is 0. The van der Waals surface area contributed by atoms with Crippen molar-refractivity contribution >= 4 is 60.7 Å². The third-order valence-electron chi connectivity index (χ3n) is 9.87. The minimum atomic E-state index is 0.854. The van der Waals surface area contributed by atoms with Crippen LogP contribution in [0.5, 0.6) is 0 Å². The van der Waals surface area contributed by atoms with E-state index in [1.165, 1.54) is 66.2 Å². The first-order valence-corrected chi connectivity index (χ1v) is 16.0. The smallest absolute Gasteiger partial charge is 0.137 e. The number of aromatic nitrogens is 3. The highest BCUT2D eigenvalue weighted by Crippen LogP contribution is 2.43. The van der Waals surface area contributed by atoms with E-state index < -0.39 is 0 Å². The van der Waals surface area contributed by atoms with Crippen LogP contribution in [0, 0.1) is 0 Å². The molecule has 0 fully saturated rings. The lowest BCUT2D eigenvalue weighted by molar-refractivity contribution is 0.698. The second kappa shape index (κ2) is 9.47. The summed E-state index contributed by atoms with van der Waals surface area (Å²) in [4.78, 5) is 10.1. The molecule has 0 aliphatic carbocycles. The number of rotatable bonds is 0. The summed E-state index contributed by atoms with van der Waals surface area (Å²) in [5.74, 6) is 0.958. The SMILES string of the molecule is c1cc2cc(c1)-n1c3ccccc3c3cc4c5ccccc5n(c4cc31)-c1ccc(cn1)CCCCN1CN2c2ccccc21. The van der Waals surface area contributed by atoms with E-state index in [9.17, 15) is 0 Å². The highest BCUT2D eigenvalue weighted by atomic mass is 15.4. The van der Waals surface area contributed by atoms with Crippen LogP contribution in [-0.2, 0) is 6.42 Å². The zero-order valence-corrected chi connectivity index (χ0v) is 24.9. The van der Waals surface area contributed by atoms with Crippen molar-refractivity contribution in [2.75, 3.05) is 23.0 Å². The van der Waals surface area contributed by atoms with Gasteiger partial charge in [-0.15, -0.1) is 0 Å². The predicted octanol–water partition coefficient (Wildman–Crippen LogP) is 9.53. The second-order valence-electron chi connectivity index (χ2n) is 12.4. The zero-order chi connectivity index (χ0) is 29.5. The highest BCUT2D eigenvalue weighted by molar-refractivity contribution is 6.19. The largest absolute Gasteiger partial charge is 0.352 e. The third-order valence-corrected chi connectivity index (χ3v) is 9.87. The minimum absolute atomic E-state index is 0.854. The number of anilines is 3. The average molecular weight is 582 g/mol. The van der Waals surface area contributed by atoms with Gasteiger partial charge in [0.2, 0.25) is 0 Å². The zero-order valence-electron chi connectivity index (χ0n) is 24.9. The van der Waals surface area contributed by atoms with Crippen molar-refractivity contribution in [1.29, 1.82) is 0 Å². The molecule has 3 aromatic heterocycles. The van der Waals surface area contributed by atoms with Crippen molar-refractivity contribution in [3.8, 4) is 11.5 Å². The Labute approximate surface area is 261 Å². The van der Waals surface area contributed by atoms with Gasteiger partial charge in [-0.3, -0.25) is 4.57 Å². The fourth-order valence-electron chi connectivity index (χ4n) is 7.78. The topological polar surface area (TPSA) is 29.2 Å². The number of pyridine rings is 1. The Bertz CT molecular complexity index is 2430. The van der Waals surface area contributed by atoms with Gasteiger partial charge in [0.25, 0.3) is 0 Å². The van der Waals surface area contributed by atoms with Gasteiger partial charge in [-0.25, -0.2) is 4.98 Å². The number of fused-ring (bicyclic) bond motifs is 10. The molecule has 5 nitrogen and oxygen atoms in total. The van der Waals surface area contributed by atoms with Gasteiger partial charge >= 0.3 is 0 Å². The van der Waals surface area contributed by atoms with Gasteiger partial charge < -0.3 is 14.4 Å². The van der Waals surface area contributed by atoms with E-state index in [4.69, 9.17) is 4.98 Å². The Kier molecular flexibility index (Phi) is 5.23. The van der Waals surface area contributed by atoms with Crippen molar-refractivity contribution in [2.24, 2.45) is 0 Å². The molecule has 3 aliphatic rings. The summed E-state index contributed by atoms with van der Waals surface area (Å²) in [5, 5.41) is 5.02. The van der Waals surface area contributed by atoms with Crippen LogP contribution in [-0.4, -0.2) is 27.3 Å². The Morgan fingerprint density at radius 3 is 2.02 bits per heavy atom. The maximum absolute atomic E-state index is 5.05. The van der Waals surface area contributed by atoms with E-state index >= 15 is 0 Å². The van der Waals surface area contributed by atoms with Crippen molar-refractivity contribution in [3.63, 3.8) is 0 Å². The molecule has 0 unspecified atom stereocenters. The first kappa shape index (κ1) is 24.8. The van der Waals surface area contributed by atoms with Crippen molar-refractivity contribution in [1.82, 2.24) is 14.1 Å². The summed E-state index contributed by atoms with van der Waals surface area (Å²) in [6.07, 6.45) is 5.37. The van der Waals surface area contributed by atoms with Gasteiger partial charge in [-0.1, -0.05) is 60.7 Å². The van der Waals surface area contributed by atoms with Crippen molar-refractivity contribution in [3.05, 3.63) is 133 Å². The quantitative estimate of drug-likeness (QED) is 0.179. The standard InChI is InChI=1S/C40H31N5/c1-3-15-34-30(13-1)32-23-33-31-14-2-4-16-35(31)45-39(33)24-38(32)44(34)29-12-9-11-28(22-29)43-26-42(36-17-5-6-18-37(36)43)21-8-7-10-27-19-20-40(45)41-25-27/h1-6,9,11-20,22-25H,7-8,10,21,26H2. The molecule has 216 valence electrons. The molecular weight excluding hydrogens is 550 g/mol. The lowest BCUT2D eigenvalue weighted by Crippen LogP contribution is -2.28. The molecule has 5 heteroatoms. The van der Waals surface area contributed by atoms with E-state index in [1.807, 2.05) is 0 Å². The molecule has 0 radical (unpaired) electrons. The molecular formula is C40H31N5. The van der Waals surface area contributed by atoms with Crippen LogP contribution in [0.15, 0.2) is 128 Å². The molecule has 3 aliphatic heterocycles. The van der Waals surface area contributed by atoms with Gasteiger partial charge in [0, 0.05) is 45.7 Å². The maximum Gasteiger partial charge on any atom is 0.137 e. The van der Waals surface area contributed by atoms with Gasteiger partial charge in [0.1, 0.15) is 5.82 Å². The average Bonchev–Trinajstić information content (AvgIpc) is 3.73. The van der Waals surface area contributed by atoms with Crippen LogP contribution in [0.25, 0.3) is 55.1 Å². The van der Waals surface area contributed by atoms with Crippen LogP contribution < -0.4 is 9.80 Å². The van der Waals surface area contributed by atoms with Gasteiger partial charge in [-0.05, 0) is 85.5 Å². The maximum atomic E-state index is 5.05. The first-order valence-electron chi connectivity index (χ1n) is 16.0. The lowest BCUT2D eigenvalue weighted by Gasteiger charge is -2.23. The van der Waals surface area contributed by atoms with Gasteiger partial charge in [0.15, 0.2) is 0 Å². The molecule has 45 heavy (non-hydrogen) atoms. The van der Waals surface area contributed by atoms with E-state index in [1.54, 1.807) is 0 Å². The van der Waals surface area contributed by atoms with E-state index in [2.05, 4.69) is 146 Å². The van der Waals surface area contributed by atoms with Gasteiger partial charge in [0.05, 0.1) is 40.1 Å². The van der Waals surface area contributed by atoms with Gasteiger partial charge in [-0.2, -0.15) is 0 Å². The fourth-order valence-corrected chi connectivity index (χ4v) is 7.78. The summed E-state index contributed by atoms with van der Waals surface area (Å²) < 4.78 is 4.79. The molecule has 6 heterocycles. The fraction of sp³-hybridized carbons (Fsp3) is 0.125. The van der Waals surface area contributed by atoms with E-state index in [0.717, 1.165) is 44.0 Å². The number of hydrogen-bond acceptors (Lipinski definition) is 3. The van der Waals surface area contributed by atoms with Crippen LogP contribution >= 0.6 is 0 Å². The van der Waals surface area contributed by atoms with E-state index in [-0.39, 0.29) is 0 Å². The van der Waals surface area contributed by atoms with E-state index in [0.29, 0.717) is 0 Å². The summed E-state index contributed by atoms with van der Waals surface area (Å²) in [6, 6.07) is 44.7. The summed E-state index contributed by atoms with van der Waals surface area (Å²) in [6.45, 7) is 1.88. The molecule has 0 saturated carbocycles. The van der Waals surface area contributed by atoms with Crippen LogP contribution in [0.4, 0.5) is 17.1 Å². The Balaban J connectivity index is 1.29. The number of nitrogens with zero attached hydrogens (tertiary/aromatic N) is 5. The highest BCUT2D eigenvalue weighted by Gasteiger charge is 2.27. The summed E-state index contributed by atoms with van der Waals surface area (Å²) in [7, 11) is 0. The predicted molar refractivity (Wildman–Crippen MR) is 187 cm³/mol. The Hall–Kier alpha value is -5.55. The molecule has 0 amide bonds. The monoisotopic (exact) mass is 581 g/mol. The number of para-hydroxylation sites is 4. The number of aryl methyl sites for hydroxylation is 1. The lowest BCUT2D eigenvalue weighted by atomic mass is 10.1. The normalized spacial score (nSPS) is 14.6. The van der Waals surface area contributed by atoms with Crippen LogP contribution in [0.3, 0.4) is 0 Å². The second-order valence-corrected chi connectivity index (χ2v) is 12.4. The minimum Gasteiger partial charge on any atom is -0.352 e. The molecule has 0 spiro atoms. The molecule has 8 aromatic rings. The molecule has 5 aromatic carbocycles. The Morgan fingerprint density at radius 2 is 1.22 bits per heavy atom. The Morgan fingerprint density at radius 1 is 0.511 bits per heavy atom. The molecule has 11 rings (SSSR count). The first-order chi connectivity index (χ1) is 22.3. The summed E-state index contributed by atoms with van der Waals surface area (Å²) in [5.41, 5.74) is 11.0. The molecule has 0 saturated heterocycles. The van der Waals surface area contributed by atoms with Crippen LogP contribution in [0.2, 0.25) is 0 Å². The number of hydrogen-bond donors (Lipinski definition) is 0. The molecule has 0 atom stereocenters. The molecule has 8 bridgehead atoms. The van der Waals surface area contributed by atoms with Crippen molar-refractivity contribution < 1.29 is 0 Å².